The van der Waals surface area contributed by atoms with Crippen molar-refractivity contribution >= 4 is 5.91 Å². The van der Waals surface area contributed by atoms with Crippen LogP contribution in [-0.4, -0.2) is 30.4 Å². The smallest absolute Gasteiger partial charge is 0.231 e. The summed E-state index contributed by atoms with van der Waals surface area (Å²) in [5.74, 6) is 1.04. The van der Waals surface area contributed by atoms with Crippen molar-refractivity contribution in [3.63, 3.8) is 0 Å². The molecule has 0 rings (SSSR count). The van der Waals surface area contributed by atoms with E-state index >= 15 is 0 Å². The minimum atomic E-state index is -0.227. The van der Waals surface area contributed by atoms with E-state index in [0.717, 1.165) is 19.5 Å². The van der Waals surface area contributed by atoms with Crippen LogP contribution in [0.5, 0.6) is 0 Å². The third-order valence-electron chi connectivity index (χ3n) is 2.03. The van der Waals surface area contributed by atoms with Gasteiger partial charge in [-0.1, -0.05) is 27.7 Å². The molecule has 0 aliphatic rings. The Balaban J connectivity index is 3.90. The highest BCUT2D eigenvalue weighted by molar-refractivity contribution is 5.75. The number of hydrogen-bond donors (Lipinski definition) is 1. The maximum absolute atomic E-state index is 10.8. The van der Waals surface area contributed by atoms with Gasteiger partial charge in [0.05, 0.1) is 6.54 Å². The normalized spacial score (nSPS) is 11.6. The lowest BCUT2D eigenvalue weighted by atomic mass is 10.1. The molecule has 2 N–H and O–H groups in total. The molecule has 0 radical (unpaired) electrons. The van der Waals surface area contributed by atoms with Crippen LogP contribution < -0.4 is 5.73 Å². The molecule has 0 fully saturated rings. The molecule has 0 aromatic carbocycles. The number of primary amides is 1. The lowest BCUT2D eigenvalue weighted by molar-refractivity contribution is -0.119. The van der Waals surface area contributed by atoms with E-state index in [2.05, 4.69) is 32.6 Å². The Bertz CT molecular complexity index is 167. The van der Waals surface area contributed by atoms with Crippen molar-refractivity contribution in [1.82, 2.24) is 4.90 Å². The lowest BCUT2D eigenvalue weighted by Gasteiger charge is -2.23. The van der Waals surface area contributed by atoms with Crippen molar-refractivity contribution in [3.05, 3.63) is 0 Å². The van der Waals surface area contributed by atoms with Gasteiger partial charge in [-0.15, -0.1) is 0 Å². The third kappa shape index (κ3) is 8.05. The highest BCUT2D eigenvalue weighted by atomic mass is 16.1. The molecule has 14 heavy (non-hydrogen) atoms. The van der Waals surface area contributed by atoms with Gasteiger partial charge in [-0.2, -0.15) is 0 Å². The molecule has 84 valence electrons. The molecule has 0 aliphatic carbocycles. The van der Waals surface area contributed by atoms with Gasteiger partial charge in [-0.05, 0) is 24.8 Å². The predicted octanol–water partition coefficient (Wildman–Crippen LogP) is 1.48. The van der Waals surface area contributed by atoms with Gasteiger partial charge in [0.15, 0.2) is 0 Å². The maximum atomic E-state index is 10.8. The van der Waals surface area contributed by atoms with E-state index in [4.69, 9.17) is 5.73 Å². The van der Waals surface area contributed by atoms with Crippen LogP contribution >= 0.6 is 0 Å². The Morgan fingerprint density at radius 3 is 2.14 bits per heavy atom. The second-order valence-corrected chi connectivity index (χ2v) is 4.78. The lowest BCUT2D eigenvalue weighted by Crippen LogP contribution is -2.37. The second-order valence-electron chi connectivity index (χ2n) is 4.78. The van der Waals surface area contributed by atoms with Gasteiger partial charge in [0, 0.05) is 6.54 Å². The highest BCUT2D eigenvalue weighted by Crippen LogP contribution is 2.04. The van der Waals surface area contributed by atoms with Gasteiger partial charge in [0.2, 0.25) is 5.91 Å². The van der Waals surface area contributed by atoms with Crippen LogP contribution in [0.1, 0.15) is 34.1 Å². The molecular formula is C11H24N2O. The SMILES string of the molecule is CC(C)CCN(CC(N)=O)CC(C)C. The first kappa shape index (κ1) is 13.4. The van der Waals surface area contributed by atoms with Crippen LogP contribution in [0.25, 0.3) is 0 Å². The van der Waals surface area contributed by atoms with Gasteiger partial charge in [0.1, 0.15) is 0 Å². The van der Waals surface area contributed by atoms with Crippen LogP contribution in [-0.2, 0) is 4.79 Å². The quantitative estimate of drug-likeness (QED) is 0.676. The molecule has 0 spiro atoms. The van der Waals surface area contributed by atoms with Crippen LogP contribution in [0.2, 0.25) is 0 Å². The molecule has 0 aromatic heterocycles. The zero-order valence-electron chi connectivity index (χ0n) is 9.92. The minimum Gasteiger partial charge on any atom is -0.369 e. The van der Waals surface area contributed by atoms with E-state index < -0.39 is 0 Å². The summed E-state index contributed by atoms with van der Waals surface area (Å²) in [7, 11) is 0. The largest absolute Gasteiger partial charge is 0.369 e. The first-order chi connectivity index (χ1) is 6.41. The molecule has 0 heterocycles. The summed E-state index contributed by atoms with van der Waals surface area (Å²) < 4.78 is 0. The van der Waals surface area contributed by atoms with Crippen molar-refractivity contribution in [2.24, 2.45) is 17.6 Å². The average Bonchev–Trinajstić information content (AvgIpc) is 1.97. The average molecular weight is 200 g/mol. The van der Waals surface area contributed by atoms with Crippen molar-refractivity contribution in [3.8, 4) is 0 Å². The topological polar surface area (TPSA) is 46.3 Å². The number of hydrogen-bond acceptors (Lipinski definition) is 2. The molecule has 0 saturated carbocycles. The Labute approximate surface area is 87.6 Å². The number of nitrogens with two attached hydrogens (primary N) is 1. The van der Waals surface area contributed by atoms with E-state index in [-0.39, 0.29) is 5.91 Å². The molecule has 0 atom stereocenters. The molecule has 1 amide bonds. The molecule has 3 nitrogen and oxygen atoms in total. The molecule has 0 saturated heterocycles. The van der Waals surface area contributed by atoms with Crippen LogP contribution in [0.15, 0.2) is 0 Å². The van der Waals surface area contributed by atoms with Crippen LogP contribution in [0.3, 0.4) is 0 Å². The number of carbonyl (C=O) groups is 1. The Morgan fingerprint density at radius 1 is 1.21 bits per heavy atom. The van der Waals surface area contributed by atoms with Crippen LogP contribution in [0.4, 0.5) is 0 Å². The second kappa shape index (κ2) is 6.82. The van der Waals surface area contributed by atoms with E-state index in [1.165, 1.54) is 0 Å². The Kier molecular flexibility index (Phi) is 6.54. The number of carbonyl (C=O) groups excluding carboxylic acids is 1. The zero-order valence-corrected chi connectivity index (χ0v) is 9.92. The Morgan fingerprint density at radius 2 is 1.79 bits per heavy atom. The monoisotopic (exact) mass is 200 g/mol. The molecule has 0 bridgehead atoms. The number of nitrogens with zero attached hydrogens (tertiary/aromatic N) is 1. The van der Waals surface area contributed by atoms with Crippen molar-refractivity contribution < 1.29 is 4.79 Å². The molecular weight excluding hydrogens is 176 g/mol. The van der Waals surface area contributed by atoms with E-state index in [1.807, 2.05) is 0 Å². The minimum absolute atomic E-state index is 0.227. The fourth-order valence-electron chi connectivity index (χ4n) is 1.41. The van der Waals surface area contributed by atoms with Gasteiger partial charge < -0.3 is 5.73 Å². The standard InChI is InChI=1S/C11H24N2O/c1-9(2)5-6-13(7-10(3)4)8-11(12)14/h9-10H,5-8H2,1-4H3,(H2,12,14). The summed E-state index contributed by atoms with van der Waals surface area (Å²) in [6, 6.07) is 0. The summed E-state index contributed by atoms with van der Waals surface area (Å²) in [4.78, 5) is 13.0. The van der Waals surface area contributed by atoms with Crippen molar-refractivity contribution in [2.75, 3.05) is 19.6 Å². The van der Waals surface area contributed by atoms with Gasteiger partial charge >= 0.3 is 0 Å². The summed E-state index contributed by atoms with van der Waals surface area (Å²) >= 11 is 0. The predicted molar refractivity (Wildman–Crippen MR) is 59.9 cm³/mol. The summed E-state index contributed by atoms with van der Waals surface area (Å²) in [6.45, 7) is 11.0. The van der Waals surface area contributed by atoms with Gasteiger partial charge in [-0.3, -0.25) is 9.69 Å². The fraction of sp³-hybridized carbons (Fsp3) is 0.909. The summed E-state index contributed by atoms with van der Waals surface area (Å²) in [5, 5.41) is 0. The van der Waals surface area contributed by atoms with E-state index in [9.17, 15) is 4.79 Å². The first-order valence-electron chi connectivity index (χ1n) is 5.42. The number of rotatable bonds is 7. The van der Waals surface area contributed by atoms with Crippen LogP contribution in [0, 0.1) is 11.8 Å². The summed E-state index contributed by atoms with van der Waals surface area (Å²) in [5.41, 5.74) is 5.19. The molecule has 3 heteroatoms. The number of amides is 1. The van der Waals surface area contributed by atoms with Crippen molar-refractivity contribution in [2.45, 2.75) is 34.1 Å². The highest BCUT2D eigenvalue weighted by Gasteiger charge is 2.10. The zero-order chi connectivity index (χ0) is 11.1. The maximum Gasteiger partial charge on any atom is 0.231 e. The summed E-state index contributed by atoms with van der Waals surface area (Å²) in [6.07, 6.45) is 1.12. The van der Waals surface area contributed by atoms with Gasteiger partial charge in [0.25, 0.3) is 0 Å². The van der Waals surface area contributed by atoms with Gasteiger partial charge in [-0.25, -0.2) is 0 Å². The van der Waals surface area contributed by atoms with E-state index in [0.29, 0.717) is 18.4 Å². The molecule has 0 aromatic rings. The molecule has 0 unspecified atom stereocenters. The van der Waals surface area contributed by atoms with E-state index in [1.54, 1.807) is 0 Å². The Hall–Kier alpha value is -0.570. The van der Waals surface area contributed by atoms with Crippen molar-refractivity contribution in [1.29, 1.82) is 0 Å². The molecule has 0 aliphatic heterocycles. The fourth-order valence-corrected chi connectivity index (χ4v) is 1.41. The third-order valence-corrected chi connectivity index (χ3v) is 2.03. The first-order valence-corrected chi connectivity index (χ1v) is 5.42.